The molecule has 1 aromatic heterocycles. The number of aliphatic hydroxyl groups excluding tert-OH is 1. The Kier molecular flexibility index (Phi) is 4.49. The van der Waals surface area contributed by atoms with Crippen LogP contribution in [0.25, 0.3) is 0 Å². The van der Waals surface area contributed by atoms with Crippen LogP contribution in [0.3, 0.4) is 0 Å². The molecule has 0 bridgehead atoms. The lowest BCUT2D eigenvalue weighted by Gasteiger charge is -2.30. The van der Waals surface area contributed by atoms with E-state index in [1.807, 2.05) is 37.3 Å². The zero-order valence-corrected chi connectivity index (χ0v) is 11.9. The fraction of sp³-hybridized carbons (Fsp3) is 0.267. The van der Waals surface area contributed by atoms with Crippen LogP contribution in [0.1, 0.15) is 18.6 Å². The van der Waals surface area contributed by atoms with E-state index in [0.717, 1.165) is 5.56 Å². The third-order valence-electron chi connectivity index (χ3n) is 3.51. The first-order valence-corrected chi connectivity index (χ1v) is 6.57. The molecule has 21 heavy (non-hydrogen) atoms. The number of aliphatic hydroxyl groups is 1. The lowest BCUT2D eigenvalue weighted by Crippen LogP contribution is -2.34. The van der Waals surface area contributed by atoms with Crippen molar-refractivity contribution in [3.63, 3.8) is 0 Å². The molecular weight excluding hydrogens is 270 g/mol. The minimum atomic E-state index is -0.673. The van der Waals surface area contributed by atoms with Crippen LogP contribution < -0.4 is 4.90 Å². The van der Waals surface area contributed by atoms with Gasteiger partial charge in [0.25, 0.3) is 5.69 Å². The smallest absolute Gasteiger partial charge is 0.287 e. The molecule has 6 heteroatoms. The quantitative estimate of drug-likeness (QED) is 0.675. The zero-order valence-electron chi connectivity index (χ0n) is 11.9. The van der Waals surface area contributed by atoms with Crippen molar-refractivity contribution in [2.75, 3.05) is 11.9 Å². The van der Waals surface area contributed by atoms with E-state index in [2.05, 4.69) is 4.98 Å². The summed E-state index contributed by atoms with van der Waals surface area (Å²) in [4.78, 5) is 16.0. The summed E-state index contributed by atoms with van der Waals surface area (Å²) in [5.41, 5.74) is 0.766. The monoisotopic (exact) mass is 287 g/mol. The molecule has 0 aliphatic rings. The molecule has 0 aliphatic carbocycles. The number of likely N-dealkylation sites (N-methyl/N-ethyl adjacent to an activating group) is 1. The van der Waals surface area contributed by atoms with Crippen LogP contribution in [0, 0.1) is 10.1 Å². The van der Waals surface area contributed by atoms with E-state index < -0.39 is 11.0 Å². The fourth-order valence-corrected chi connectivity index (χ4v) is 2.04. The van der Waals surface area contributed by atoms with E-state index >= 15 is 0 Å². The highest BCUT2D eigenvalue weighted by atomic mass is 16.6. The molecule has 1 aromatic carbocycles. The van der Waals surface area contributed by atoms with Crippen molar-refractivity contribution >= 4 is 11.5 Å². The number of nitrogens with zero attached hydrogens (tertiary/aromatic N) is 3. The Hall–Kier alpha value is -2.47. The number of nitro groups is 1. The van der Waals surface area contributed by atoms with Crippen molar-refractivity contribution in [3.05, 3.63) is 64.3 Å². The van der Waals surface area contributed by atoms with Crippen LogP contribution in [0.4, 0.5) is 11.5 Å². The topological polar surface area (TPSA) is 79.5 Å². The normalized spacial score (nSPS) is 13.5. The molecule has 2 rings (SSSR count). The van der Waals surface area contributed by atoms with Gasteiger partial charge in [0.2, 0.25) is 0 Å². The second-order valence-corrected chi connectivity index (χ2v) is 4.84. The highest BCUT2D eigenvalue weighted by Gasteiger charge is 2.21. The molecule has 6 nitrogen and oxygen atoms in total. The standard InChI is InChI=1S/C15H17N3O3/c1-11(15(19)12-6-4-3-5-7-12)17(2)14-9-8-13(10-16-14)18(20)21/h3-11,15,19H,1-2H3/t11-,15-/m1/s1. The molecule has 110 valence electrons. The van der Waals surface area contributed by atoms with Crippen LogP contribution in [0.2, 0.25) is 0 Å². The van der Waals surface area contributed by atoms with Crippen molar-refractivity contribution in [1.82, 2.24) is 4.98 Å². The average Bonchev–Trinajstić information content (AvgIpc) is 2.53. The van der Waals surface area contributed by atoms with Gasteiger partial charge in [-0.25, -0.2) is 4.98 Å². The minimum absolute atomic E-state index is 0.0524. The number of aromatic nitrogens is 1. The molecule has 0 amide bonds. The highest BCUT2D eigenvalue weighted by molar-refractivity contribution is 5.43. The predicted molar refractivity (Wildman–Crippen MR) is 80.2 cm³/mol. The van der Waals surface area contributed by atoms with E-state index in [9.17, 15) is 15.2 Å². The van der Waals surface area contributed by atoms with Crippen molar-refractivity contribution < 1.29 is 10.0 Å². The SMILES string of the molecule is C[C@H]([C@@H](O)c1ccccc1)N(C)c1ccc([N+](=O)[O-])cn1. The van der Waals surface area contributed by atoms with Gasteiger partial charge in [0, 0.05) is 13.1 Å². The summed E-state index contributed by atoms with van der Waals surface area (Å²) in [5, 5.41) is 21.0. The van der Waals surface area contributed by atoms with Crippen LogP contribution in [0.5, 0.6) is 0 Å². The maximum absolute atomic E-state index is 10.6. The lowest BCUT2D eigenvalue weighted by molar-refractivity contribution is -0.385. The van der Waals surface area contributed by atoms with Gasteiger partial charge in [-0.3, -0.25) is 10.1 Å². The molecule has 0 saturated heterocycles. The third kappa shape index (κ3) is 3.35. The van der Waals surface area contributed by atoms with Gasteiger partial charge in [-0.1, -0.05) is 30.3 Å². The van der Waals surface area contributed by atoms with Gasteiger partial charge in [-0.05, 0) is 18.6 Å². The average molecular weight is 287 g/mol. The van der Waals surface area contributed by atoms with Gasteiger partial charge >= 0.3 is 0 Å². The highest BCUT2D eigenvalue weighted by Crippen LogP contribution is 2.24. The van der Waals surface area contributed by atoms with Gasteiger partial charge in [-0.2, -0.15) is 0 Å². The maximum Gasteiger partial charge on any atom is 0.287 e. The van der Waals surface area contributed by atoms with Gasteiger partial charge < -0.3 is 10.0 Å². The Bertz CT molecular complexity index is 601. The van der Waals surface area contributed by atoms with Gasteiger partial charge in [0.1, 0.15) is 12.0 Å². The van der Waals surface area contributed by atoms with Crippen LogP contribution in [-0.2, 0) is 0 Å². The summed E-state index contributed by atoms with van der Waals surface area (Å²) in [5.74, 6) is 0.572. The number of hydrogen-bond acceptors (Lipinski definition) is 5. The number of rotatable bonds is 5. The Balaban J connectivity index is 2.15. The molecule has 0 radical (unpaired) electrons. The second kappa shape index (κ2) is 6.32. The Morgan fingerprint density at radius 3 is 2.43 bits per heavy atom. The molecule has 0 aliphatic heterocycles. The Morgan fingerprint density at radius 1 is 1.24 bits per heavy atom. The largest absolute Gasteiger partial charge is 0.386 e. The predicted octanol–water partition coefficient (Wildman–Crippen LogP) is 2.55. The van der Waals surface area contributed by atoms with Crippen molar-refractivity contribution in [2.24, 2.45) is 0 Å². The summed E-state index contributed by atoms with van der Waals surface area (Å²) in [6.45, 7) is 1.88. The number of benzene rings is 1. The molecular formula is C15H17N3O3. The Morgan fingerprint density at radius 2 is 1.90 bits per heavy atom. The second-order valence-electron chi connectivity index (χ2n) is 4.84. The van der Waals surface area contributed by atoms with Crippen LogP contribution >= 0.6 is 0 Å². The molecule has 1 heterocycles. The first kappa shape index (κ1) is 14.9. The zero-order chi connectivity index (χ0) is 15.4. The maximum atomic E-state index is 10.6. The van der Waals surface area contributed by atoms with E-state index in [1.54, 1.807) is 18.0 Å². The lowest BCUT2D eigenvalue weighted by atomic mass is 10.0. The van der Waals surface area contributed by atoms with E-state index in [4.69, 9.17) is 0 Å². The summed E-state index contributed by atoms with van der Waals surface area (Å²) < 4.78 is 0. The number of hydrogen-bond donors (Lipinski definition) is 1. The third-order valence-corrected chi connectivity index (χ3v) is 3.51. The summed E-state index contributed by atoms with van der Waals surface area (Å²) >= 11 is 0. The molecule has 2 atom stereocenters. The molecule has 0 saturated carbocycles. The molecule has 0 spiro atoms. The Labute approximate surface area is 122 Å². The molecule has 0 unspecified atom stereocenters. The summed E-state index contributed by atoms with van der Waals surface area (Å²) in [7, 11) is 1.80. The van der Waals surface area contributed by atoms with Crippen molar-refractivity contribution in [1.29, 1.82) is 0 Å². The first-order chi connectivity index (χ1) is 10.0. The first-order valence-electron chi connectivity index (χ1n) is 6.57. The summed E-state index contributed by atoms with van der Waals surface area (Å²) in [6.07, 6.45) is 0.543. The van der Waals surface area contributed by atoms with Gasteiger partial charge in [0.05, 0.1) is 17.1 Å². The fourth-order valence-electron chi connectivity index (χ4n) is 2.04. The van der Waals surface area contributed by atoms with Crippen molar-refractivity contribution in [3.8, 4) is 0 Å². The molecule has 0 fully saturated rings. The summed E-state index contributed by atoms with van der Waals surface area (Å²) in [6, 6.07) is 12.1. The molecule has 2 aromatic rings. The number of pyridine rings is 1. The van der Waals surface area contributed by atoms with Crippen LogP contribution in [-0.4, -0.2) is 28.1 Å². The van der Waals surface area contributed by atoms with Gasteiger partial charge in [-0.15, -0.1) is 0 Å². The molecule has 1 N–H and O–H groups in total. The van der Waals surface area contributed by atoms with Crippen molar-refractivity contribution in [2.45, 2.75) is 19.1 Å². The van der Waals surface area contributed by atoms with Crippen LogP contribution in [0.15, 0.2) is 48.7 Å². The van der Waals surface area contributed by atoms with E-state index in [0.29, 0.717) is 5.82 Å². The minimum Gasteiger partial charge on any atom is -0.386 e. The number of anilines is 1. The van der Waals surface area contributed by atoms with E-state index in [1.165, 1.54) is 12.3 Å². The van der Waals surface area contributed by atoms with E-state index in [-0.39, 0.29) is 11.7 Å². The van der Waals surface area contributed by atoms with Gasteiger partial charge in [0.15, 0.2) is 0 Å².